The molecule has 1 atom stereocenters. The average molecular weight is 619 g/mol. The molecule has 0 rings (SSSR count). The summed E-state index contributed by atoms with van der Waals surface area (Å²) in [5.41, 5.74) is 0. The van der Waals surface area contributed by atoms with Crippen molar-refractivity contribution in [3.63, 3.8) is 0 Å². The number of aliphatic hydroxyl groups excluding tert-OH is 1. The molecular formula is C39H70O5. The maximum Gasteiger partial charge on any atom is 0.306 e. The first-order valence-corrected chi connectivity index (χ1v) is 18.5. The molecule has 1 N–H and O–H groups in total. The molecular weight excluding hydrogens is 548 g/mol. The first kappa shape index (κ1) is 42.1. The Bertz CT molecular complexity index is 711. The molecule has 44 heavy (non-hydrogen) atoms. The van der Waals surface area contributed by atoms with Crippen molar-refractivity contribution < 1.29 is 24.2 Å². The smallest absolute Gasteiger partial charge is 0.306 e. The largest absolute Gasteiger partial charge is 0.462 e. The molecule has 0 aliphatic heterocycles. The van der Waals surface area contributed by atoms with Crippen molar-refractivity contribution in [1.82, 2.24) is 0 Å². The molecule has 256 valence electrons. The molecule has 1 unspecified atom stereocenters. The number of ether oxygens (including phenoxy) is 2. The third-order valence-corrected chi connectivity index (χ3v) is 7.91. The molecule has 0 saturated heterocycles. The van der Waals surface area contributed by atoms with Crippen LogP contribution in [0.15, 0.2) is 36.5 Å². The molecule has 0 spiro atoms. The van der Waals surface area contributed by atoms with Gasteiger partial charge in [0.15, 0.2) is 6.10 Å². The van der Waals surface area contributed by atoms with Gasteiger partial charge in [-0.3, -0.25) is 9.59 Å². The lowest BCUT2D eigenvalue weighted by atomic mass is 10.1. The van der Waals surface area contributed by atoms with Crippen LogP contribution in [0.2, 0.25) is 0 Å². The number of unbranched alkanes of at least 4 members (excludes halogenated alkanes) is 19. The van der Waals surface area contributed by atoms with E-state index in [0.717, 1.165) is 51.4 Å². The summed E-state index contributed by atoms with van der Waals surface area (Å²) in [7, 11) is 0. The van der Waals surface area contributed by atoms with Gasteiger partial charge in [-0.2, -0.15) is 0 Å². The van der Waals surface area contributed by atoms with Gasteiger partial charge in [0.1, 0.15) is 6.61 Å². The Morgan fingerprint density at radius 2 is 0.932 bits per heavy atom. The second-order valence-corrected chi connectivity index (χ2v) is 12.3. The lowest BCUT2D eigenvalue weighted by molar-refractivity contribution is -0.161. The van der Waals surface area contributed by atoms with Crippen LogP contribution in [0.25, 0.3) is 0 Å². The van der Waals surface area contributed by atoms with E-state index in [1.165, 1.54) is 103 Å². The molecule has 0 aromatic heterocycles. The van der Waals surface area contributed by atoms with Crippen LogP contribution in [0.5, 0.6) is 0 Å². The van der Waals surface area contributed by atoms with E-state index < -0.39 is 6.10 Å². The van der Waals surface area contributed by atoms with Gasteiger partial charge < -0.3 is 14.6 Å². The Morgan fingerprint density at radius 3 is 1.43 bits per heavy atom. The highest BCUT2D eigenvalue weighted by Gasteiger charge is 2.16. The summed E-state index contributed by atoms with van der Waals surface area (Å²) < 4.78 is 10.6. The van der Waals surface area contributed by atoms with E-state index in [1.807, 2.05) is 0 Å². The molecule has 0 aromatic carbocycles. The molecule has 0 bridgehead atoms. The predicted octanol–water partition coefficient (Wildman–Crippen LogP) is 11.3. The fourth-order valence-corrected chi connectivity index (χ4v) is 5.03. The van der Waals surface area contributed by atoms with Crippen LogP contribution in [0.1, 0.15) is 181 Å². The minimum Gasteiger partial charge on any atom is -0.462 e. The molecule has 0 aromatic rings. The van der Waals surface area contributed by atoms with Crippen LogP contribution in [-0.2, 0) is 19.1 Å². The number of esters is 2. The summed E-state index contributed by atoms with van der Waals surface area (Å²) in [6.07, 6.45) is 42.0. The molecule has 5 heteroatoms. The van der Waals surface area contributed by atoms with E-state index in [0.29, 0.717) is 12.8 Å². The van der Waals surface area contributed by atoms with E-state index in [2.05, 4.69) is 50.3 Å². The van der Waals surface area contributed by atoms with Gasteiger partial charge in [0.2, 0.25) is 0 Å². The van der Waals surface area contributed by atoms with Crippen molar-refractivity contribution in [2.45, 2.75) is 187 Å². The molecule has 0 fully saturated rings. The second kappa shape index (κ2) is 35.6. The van der Waals surface area contributed by atoms with E-state index in [9.17, 15) is 14.7 Å². The lowest BCUT2D eigenvalue weighted by Gasteiger charge is -2.15. The summed E-state index contributed by atoms with van der Waals surface area (Å²) in [6, 6.07) is 0. The number of hydrogen-bond donors (Lipinski definition) is 1. The summed E-state index contributed by atoms with van der Waals surface area (Å²) in [4.78, 5) is 24.1. The average Bonchev–Trinajstić information content (AvgIpc) is 3.02. The first-order valence-electron chi connectivity index (χ1n) is 18.5. The Kier molecular flexibility index (Phi) is 34.1. The van der Waals surface area contributed by atoms with Crippen LogP contribution in [-0.4, -0.2) is 36.4 Å². The highest BCUT2D eigenvalue weighted by Crippen LogP contribution is 2.13. The van der Waals surface area contributed by atoms with Crippen molar-refractivity contribution in [2.75, 3.05) is 13.2 Å². The Labute approximate surface area is 272 Å². The maximum atomic E-state index is 12.1. The van der Waals surface area contributed by atoms with Crippen LogP contribution in [0.3, 0.4) is 0 Å². The topological polar surface area (TPSA) is 72.8 Å². The Balaban J connectivity index is 3.56. The highest BCUT2D eigenvalue weighted by molar-refractivity contribution is 5.70. The van der Waals surface area contributed by atoms with E-state index in [1.54, 1.807) is 0 Å². The summed E-state index contributed by atoms with van der Waals surface area (Å²) in [6.45, 7) is 4.05. The monoisotopic (exact) mass is 619 g/mol. The minimum atomic E-state index is -0.774. The summed E-state index contributed by atoms with van der Waals surface area (Å²) in [5.74, 6) is -0.607. The quantitative estimate of drug-likeness (QED) is 0.0450. The molecule has 5 nitrogen and oxygen atoms in total. The number of rotatable bonds is 33. The van der Waals surface area contributed by atoms with E-state index in [-0.39, 0.29) is 25.2 Å². The summed E-state index contributed by atoms with van der Waals surface area (Å²) in [5, 5.41) is 9.52. The molecule has 0 aliphatic rings. The number of carbonyl (C=O) groups excluding carboxylic acids is 2. The number of hydrogen-bond acceptors (Lipinski definition) is 5. The van der Waals surface area contributed by atoms with Gasteiger partial charge in [0.05, 0.1) is 6.61 Å². The maximum absolute atomic E-state index is 12.1. The van der Waals surface area contributed by atoms with E-state index in [4.69, 9.17) is 9.47 Å². The van der Waals surface area contributed by atoms with Crippen LogP contribution < -0.4 is 0 Å². The number of aliphatic hydroxyl groups is 1. The van der Waals surface area contributed by atoms with Gasteiger partial charge in [-0.1, -0.05) is 140 Å². The van der Waals surface area contributed by atoms with Crippen molar-refractivity contribution in [3.8, 4) is 0 Å². The molecule has 0 aliphatic carbocycles. The van der Waals surface area contributed by atoms with Crippen molar-refractivity contribution in [3.05, 3.63) is 36.5 Å². The Hall–Kier alpha value is -1.88. The predicted molar refractivity (Wildman–Crippen MR) is 187 cm³/mol. The van der Waals surface area contributed by atoms with Crippen molar-refractivity contribution in [2.24, 2.45) is 0 Å². The zero-order valence-corrected chi connectivity index (χ0v) is 28.9. The summed E-state index contributed by atoms with van der Waals surface area (Å²) >= 11 is 0. The Morgan fingerprint density at radius 1 is 0.523 bits per heavy atom. The SMILES string of the molecule is CCCCC=CCCCCCCCC(=O)OCC(CO)OC(=O)CCCCCCCCCCCC=CCC=CCCCCC. The van der Waals surface area contributed by atoms with Gasteiger partial charge in [-0.05, 0) is 64.2 Å². The van der Waals surface area contributed by atoms with Crippen LogP contribution in [0, 0.1) is 0 Å². The molecule has 0 radical (unpaired) electrons. The van der Waals surface area contributed by atoms with Gasteiger partial charge in [-0.25, -0.2) is 0 Å². The van der Waals surface area contributed by atoms with Gasteiger partial charge in [0.25, 0.3) is 0 Å². The zero-order chi connectivity index (χ0) is 32.2. The van der Waals surface area contributed by atoms with Gasteiger partial charge >= 0.3 is 11.9 Å². The van der Waals surface area contributed by atoms with E-state index >= 15 is 0 Å². The minimum absolute atomic E-state index is 0.0712. The second-order valence-electron chi connectivity index (χ2n) is 12.3. The highest BCUT2D eigenvalue weighted by atomic mass is 16.6. The van der Waals surface area contributed by atoms with Crippen LogP contribution >= 0.6 is 0 Å². The number of carbonyl (C=O) groups is 2. The third kappa shape index (κ3) is 33.0. The number of allylic oxidation sites excluding steroid dienone is 6. The van der Waals surface area contributed by atoms with Crippen LogP contribution in [0.4, 0.5) is 0 Å². The third-order valence-electron chi connectivity index (χ3n) is 7.91. The molecule has 0 heterocycles. The normalized spacial score (nSPS) is 12.5. The van der Waals surface area contributed by atoms with Crippen molar-refractivity contribution >= 4 is 11.9 Å². The molecule has 0 saturated carbocycles. The van der Waals surface area contributed by atoms with Crippen molar-refractivity contribution in [1.29, 1.82) is 0 Å². The zero-order valence-electron chi connectivity index (χ0n) is 28.9. The molecule has 0 amide bonds. The lowest BCUT2D eigenvalue weighted by Crippen LogP contribution is -2.28. The van der Waals surface area contributed by atoms with Gasteiger partial charge in [-0.15, -0.1) is 0 Å². The fourth-order valence-electron chi connectivity index (χ4n) is 5.03. The fraction of sp³-hybridized carbons (Fsp3) is 0.795. The van der Waals surface area contributed by atoms with Gasteiger partial charge in [0, 0.05) is 12.8 Å². The standard InChI is InChI=1S/C39H70O5/c1-3-5-7-9-11-13-15-16-17-18-19-20-21-22-24-26-28-30-32-34-39(42)44-37(35-40)36-43-38(41)33-31-29-27-25-23-14-12-10-8-6-4-2/h10-13,16-17,37,40H,3-9,14-15,18-36H2,1-2H3. The first-order chi connectivity index (χ1) is 21.6.